The summed E-state index contributed by atoms with van der Waals surface area (Å²) >= 11 is 0. The van der Waals surface area contributed by atoms with Crippen molar-refractivity contribution in [3.63, 3.8) is 0 Å². The summed E-state index contributed by atoms with van der Waals surface area (Å²) in [4.78, 5) is 14.2. The van der Waals surface area contributed by atoms with Crippen molar-refractivity contribution in [2.45, 2.75) is 46.2 Å². The summed E-state index contributed by atoms with van der Waals surface area (Å²) < 4.78 is 4.88. The standard InChI is InChI=1S/C14H28N2O2/c1-10(2)15-13(14(17)18-5)9-16-7-11(3)6-12(4)8-16/h10-13,15H,6-9H2,1-5H3. The molecule has 0 amide bonds. The number of hydrogen-bond donors (Lipinski definition) is 1. The van der Waals surface area contributed by atoms with Gasteiger partial charge in [0, 0.05) is 25.7 Å². The first-order valence-corrected chi connectivity index (χ1v) is 6.98. The molecule has 3 unspecified atom stereocenters. The number of likely N-dealkylation sites (tertiary alicyclic amines) is 1. The second-order valence-electron chi connectivity index (χ2n) is 6.06. The van der Waals surface area contributed by atoms with E-state index in [2.05, 4.69) is 37.9 Å². The van der Waals surface area contributed by atoms with Gasteiger partial charge in [0.05, 0.1) is 7.11 Å². The van der Waals surface area contributed by atoms with Crippen LogP contribution in [-0.2, 0) is 9.53 Å². The highest BCUT2D eigenvalue weighted by Crippen LogP contribution is 2.21. The first kappa shape index (κ1) is 15.4. The van der Waals surface area contributed by atoms with Crippen molar-refractivity contribution >= 4 is 5.97 Å². The minimum Gasteiger partial charge on any atom is -0.468 e. The van der Waals surface area contributed by atoms with E-state index in [4.69, 9.17) is 4.74 Å². The van der Waals surface area contributed by atoms with Gasteiger partial charge >= 0.3 is 5.97 Å². The average molecular weight is 256 g/mol. The highest BCUT2D eigenvalue weighted by atomic mass is 16.5. The summed E-state index contributed by atoms with van der Waals surface area (Å²) in [5.74, 6) is 1.27. The predicted molar refractivity (Wildman–Crippen MR) is 73.5 cm³/mol. The molecule has 1 fully saturated rings. The summed E-state index contributed by atoms with van der Waals surface area (Å²) in [6.45, 7) is 11.6. The molecule has 0 aromatic carbocycles. The molecule has 0 spiro atoms. The van der Waals surface area contributed by atoms with E-state index in [-0.39, 0.29) is 18.1 Å². The van der Waals surface area contributed by atoms with Gasteiger partial charge in [0.2, 0.25) is 0 Å². The Labute approximate surface area is 111 Å². The van der Waals surface area contributed by atoms with Gasteiger partial charge in [-0.05, 0) is 18.3 Å². The predicted octanol–water partition coefficient (Wildman–Crippen LogP) is 1.50. The SMILES string of the molecule is COC(=O)C(CN1CC(C)CC(C)C1)NC(C)C. The molecule has 106 valence electrons. The molecule has 4 nitrogen and oxygen atoms in total. The van der Waals surface area contributed by atoms with E-state index in [0.717, 1.165) is 19.6 Å². The smallest absolute Gasteiger partial charge is 0.324 e. The zero-order valence-corrected chi connectivity index (χ0v) is 12.4. The zero-order chi connectivity index (χ0) is 13.7. The first-order valence-electron chi connectivity index (χ1n) is 6.98. The molecule has 0 bridgehead atoms. The fourth-order valence-corrected chi connectivity index (χ4v) is 2.94. The van der Waals surface area contributed by atoms with Crippen LogP contribution in [0.15, 0.2) is 0 Å². The Hall–Kier alpha value is -0.610. The Kier molecular flexibility index (Phi) is 6.09. The third kappa shape index (κ3) is 4.94. The van der Waals surface area contributed by atoms with Gasteiger partial charge in [-0.3, -0.25) is 4.79 Å². The van der Waals surface area contributed by atoms with Crippen molar-refractivity contribution in [3.8, 4) is 0 Å². The van der Waals surface area contributed by atoms with E-state index < -0.39 is 0 Å². The van der Waals surface area contributed by atoms with Crippen LogP contribution in [0.5, 0.6) is 0 Å². The maximum absolute atomic E-state index is 11.8. The molecule has 1 saturated heterocycles. The van der Waals surface area contributed by atoms with Crippen molar-refractivity contribution in [2.24, 2.45) is 11.8 Å². The van der Waals surface area contributed by atoms with Gasteiger partial charge in [0.25, 0.3) is 0 Å². The molecule has 0 saturated carbocycles. The monoisotopic (exact) mass is 256 g/mol. The number of nitrogens with one attached hydrogen (secondary N) is 1. The Morgan fingerprint density at radius 2 is 1.89 bits per heavy atom. The minimum absolute atomic E-state index is 0.158. The van der Waals surface area contributed by atoms with Gasteiger partial charge < -0.3 is 15.0 Å². The van der Waals surface area contributed by atoms with Crippen LogP contribution in [0.3, 0.4) is 0 Å². The molecule has 1 rings (SSSR count). The molecule has 1 aliphatic rings. The van der Waals surface area contributed by atoms with E-state index >= 15 is 0 Å². The summed E-state index contributed by atoms with van der Waals surface area (Å²) in [5, 5.41) is 3.29. The number of esters is 1. The maximum Gasteiger partial charge on any atom is 0.324 e. The third-order valence-corrected chi connectivity index (χ3v) is 3.41. The number of nitrogens with zero attached hydrogens (tertiary/aromatic N) is 1. The van der Waals surface area contributed by atoms with Crippen molar-refractivity contribution in [3.05, 3.63) is 0 Å². The van der Waals surface area contributed by atoms with Crippen LogP contribution in [0.1, 0.15) is 34.1 Å². The quantitative estimate of drug-likeness (QED) is 0.757. The van der Waals surface area contributed by atoms with E-state index in [1.165, 1.54) is 13.5 Å². The van der Waals surface area contributed by atoms with Gasteiger partial charge in [0.1, 0.15) is 6.04 Å². The topological polar surface area (TPSA) is 41.6 Å². The van der Waals surface area contributed by atoms with Crippen LogP contribution in [0.2, 0.25) is 0 Å². The van der Waals surface area contributed by atoms with Crippen LogP contribution in [0, 0.1) is 11.8 Å². The molecule has 0 aliphatic carbocycles. The van der Waals surface area contributed by atoms with E-state index in [9.17, 15) is 4.79 Å². The fourth-order valence-electron chi connectivity index (χ4n) is 2.94. The molecule has 0 aromatic heterocycles. The summed E-state index contributed by atoms with van der Waals surface area (Å²) in [6, 6.07) is 0.0706. The van der Waals surface area contributed by atoms with Crippen LogP contribution in [0.25, 0.3) is 0 Å². The second-order valence-corrected chi connectivity index (χ2v) is 6.06. The number of rotatable bonds is 5. The molecule has 18 heavy (non-hydrogen) atoms. The number of ether oxygens (including phenoxy) is 1. The van der Waals surface area contributed by atoms with Gasteiger partial charge in [0.15, 0.2) is 0 Å². The Morgan fingerprint density at radius 3 is 2.33 bits per heavy atom. The maximum atomic E-state index is 11.8. The number of methoxy groups -OCH3 is 1. The average Bonchev–Trinajstić information content (AvgIpc) is 2.25. The largest absolute Gasteiger partial charge is 0.468 e. The number of piperidine rings is 1. The normalized spacial score (nSPS) is 27.2. The van der Waals surface area contributed by atoms with Gasteiger partial charge in [-0.25, -0.2) is 0 Å². The van der Waals surface area contributed by atoms with Gasteiger partial charge in [-0.2, -0.15) is 0 Å². The fraction of sp³-hybridized carbons (Fsp3) is 0.929. The second kappa shape index (κ2) is 7.10. The minimum atomic E-state index is -0.215. The lowest BCUT2D eigenvalue weighted by molar-refractivity contribution is -0.144. The highest BCUT2D eigenvalue weighted by molar-refractivity contribution is 5.76. The molecule has 3 atom stereocenters. The Morgan fingerprint density at radius 1 is 1.33 bits per heavy atom. The molecule has 1 heterocycles. The molecule has 1 N–H and O–H groups in total. The molecule has 0 aromatic rings. The highest BCUT2D eigenvalue weighted by Gasteiger charge is 2.27. The summed E-state index contributed by atoms with van der Waals surface area (Å²) in [5.41, 5.74) is 0. The summed E-state index contributed by atoms with van der Waals surface area (Å²) in [7, 11) is 1.46. The summed E-state index contributed by atoms with van der Waals surface area (Å²) in [6.07, 6.45) is 1.29. The van der Waals surface area contributed by atoms with E-state index in [0.29, 0.717) is 11.8 Å². The van der Waals surface area contributed by atoms with Gasteiger partial charge in [-0.15, -0.1) is 0 Å². The third-order valence-electron chi connectivity index (χ3n) is 3.41. The number of carbonyl (C=O) groups is 1. The zero-order valence-electron chi connectivity index (χ0n) is 12.4. The Bertz CT molecular complexity index is 259. The van der Waals surface area contributed by atoms with Crippen LogP contribution in [0.4, 0.5) is 0 Å². The molecule has 0 radical (unpaired) electrons. The van der Waals surface area contributed by atoms with Crippen molar-refractivity contribution in [2.75, 3.05) is 26.7 Å². The molecule has 4 heteroatoms. The molecular formula is C14H28N2O2. The first-order chi connectivity index (χ1) is 8.42. The van der Waals surface area contributed by atoms with Crippen LogP contribution >= 0.6 is 0 Å². The van der Waals surface area contributed by atoms with Gasteiger partial charge in [-0.1, -0.05) is 27.7 Å². The van der Waals surface area contributed by atoms with Crippen molar-refractivity contribution < 1.29 is 9.53 Å². The lowest BCUT2D eigenvalue weighted by Crippen LogP contribution is -2.51. The Balaban J connectivity index is 2.56. The number of carbonyl (C=O) groups excluding carboxylic acids is 1. The number of hydrogen-bond acceptors (Lipinski definition) is 4. The van der Waals surface area contributed by atoms with E-state index in [1.807, 2.05) is 0 Å². The van der Waals surface area contributed by atoms with Crippen LogP contribution < -0.4 is 5.32 Å². The lowest BCUT2D eigenvalue weighted by atomic mass is 9.91. The molecular weight excluding hydrogens is 228 g/mol. The van der Waals surface area contributed by atoms with E-state index in [1.54, 1.807) is 0 Å². The molecule has 1 aliphatic heterocycles. The van der Waals surface area contributed by atoms with Crippen molar-refractivity contribution in [1.82, 2.24) is 10.2 Å². The lowest BCUT2D eigenvalue weighted by Gasteiger charge is -2.36. The van der Waals surface area contributed by atoms with Crippen molar-refractivity contribution in [1.29, 1.82) is 0 Å². The van der Waals surface area contributed by atoms with Crippen LogP contribution in [-0.4, -0.2) is 49.7 Å².